The summed E-state index contributed by atoms with van der Waals surface area (Å²) >= 11 is 7.01. The number of nitrogens with one attached hydrogen (secondary N) is 1. The van der Waals surface area contributed by atoms with Crippen LogP contribution in [0.4, 0.5) is 0 Å². The van der Waals surface area contributed by atoms with Gasteiger partial charge in [-0.3, -0.25) is 14.3 Å². The van der Waals surface area contributed by atoms with Crippen molar-refractivity contribution in [2.75, 3.05) is 0 Å². The van der Waals surface area contributed by atoms with Gasteiger partial charge < -0.3 is 0 Å². The molecule has 5 nitrogen and oxygen atoms in total. The predicted molar refractivity (Wildman–Crippen MR) is 82.4 cm³/mol. The predicted octanol–water partition coefficient (Wildman–Crippen LogP) is 3.01. The Bertz CT molecular complexity index is 763. The Hall–Kier alpha value is -1.73. The first-order valence-electron chi connectivity index (χ1n) is 6.39. The van der Waals surface area contributed by atoms with Crippen LogP contribution in [-0.4, -0.2) is 24.5 Å². The number of aromatic nitrogens is 5. The summed E-state index contributed by atoms with van der Waals surface area (Å²) < 4.78 is 4.51. The van der Waals surface area contributed by atoms with Crippen LogP contribution in [-0.2, 0) is 20.0 Å². The Kier molecular flexibility index (Phi) is 3.54. The minimum Gasteiger partial charge on any atom is -0.295 e. The van der Waals surface area contributed by atoms with Crippen molar-refractivity contribution in [3.8, 4) is 10.7 Å². The van der Waals surface area contributed by atoms with Gasteiger partial charge in [0.2, 0.25) is 0 Å². The average molecular weight is 305 g/mol. The summed E-state index contributed by atoms with van der Waals surface area (Å²) in [7, 11) is 1.94. The summed E-state index contributed by atoms with van der Waals surface area (Å²) in [6.45, 7) is 2.81. The van der Waals surface area contributed by atoms with Gasteiger partial charge in [-0.1, -0.05) is 13.0 Å². The summed E-state index contributed by atoms with van der Waals surface area (Å²) in [6.07, 6.45) is 2.96. The summed E-state index contributed by atoms with van der Waals surface area (Å²) in [6, 6.07) is 4.07. The lowest BCUT2D eigenvalue weighted by atomic mass is 10.2. The maximum Gasteiger partial charge on any atom is 0.195 e. The van der Waals surface area contributed by atoms with E-state index >= 15 is 0 Å². The van der Waals surface area contributed by atoms with Crippen LogP contribution in [0.1, 0.15) is 18.2 Å². The van der Waals surface area contributed by atoms with Crippen molar-refractivity contribution in [3.05, 3.63) is 39.7 Å². The molecule has 0 radical (unpaired) electrons. The molecule has 20 heavy (non-hydrogen) atoms. The molecule has 0 fully saturated rings. The Labute approximate surface area is 125 Å². The van der Waals surface area contributed by atoms with Crippen LogP contribution < -0.4 is 0 Å². The Morgan fingerprint density at radius 3 is 3.00 bits per heavy atom. The zero-order valence-electron chi connectivity index (χ0n) is 11.3. The molecular weight excluding hydrogens is 290 g/mol. The van der Waals surface area contributed by atoms with Crippen LogP contribution in [0.15, 0.2) is 23.7 Å². The van der Waals surface area contributed by atoms with E-state index in [0.29, 0.717) is 11.3 Å². The topological polar surface area (TPSA) is 51.4 Å². The fourth-order valence-electron chi connectivity index (χ4n) is 2.24. The number of hydrogen-bond donors (Lipinski definition) is 1. The second-order valence-electron chi connectivity index (χ2n) is 4.54. The number of thiophene rings is 1. The number of aromatic amines is 1. The van der Waals surface area contributed by atoms with Crippen molar-refractivity contribution in [3.63, 3.8) is 0 Å². The maximum absolute atomic E-state index is 5.35. The number of nitrogens with zero attached hydrogens (tertiary/aromatic N) is 4. The van der Waals surface area contributed by atoms with E-state index in [4.69, 9.17) is 12.2 Å². The second-order valence-corrected chi connectivity index (χ2v) is 5.88. The first-order chi connectivity index (χ1) is 9.69. The average Bonchev–Trinajstić information content (AvgIpc) is 3.12. The zero-order chi connectivity index (χ0) is 14.1. The van der Waals surface area contributed by atoms with Crippen molar-refractivity contribution in [1.82, 2.24) is 24.5 Å². The Morgan fingerprint density at radius 2 is 2.30 bits per heavy atom. The molecule has 0 spiro atoms. The van der Waals surface area contributed by atoms with Gasteiger partial charge in [0.1, 0.15) is 0 Å². The third kappa shape index (κ3) is 2.34. The van der Waals surface area contributed by atoms with E-state index in [1.54, 1.807) is 11.3 Å². The monoisotopic (exact) mass is 305 g/mol. The van der Waals surface area contributed by atoms with Gasteiger partial charge in [0.05, 0.1) is 17.1 Å². The van der Waals surface area contributed by atoms with Gasteiger partial charge in [-0.2, -0.15) is 10.2 Å². The molecule has 3 aromatic rings. The van der Waals surface area contributed by atoms with E-state index in [1.807, 2.05) is 33.9 Å². The van der Waals surface area contributed by atoms with Crippen molar-refractivity contribution >= 4 is 23.6 Å². The third-order valence-corrected chi connectivity index (χ3v) is 4.33. The molecule has 0 atom stereocenters. The van der Waals surface area contributed by atoms with E-state index in [1.165, 1.54) is 5.56 Å². The van der Waals surface area contributed by atoms with Gasteiger partial charge in [-0.05, 0) is 30.1 Å². The van der Waals surface area contributed by atoms with Crippen molar-refractivity contribution < 1.29 is 0 Å². The SMILES string of the molecule is CCc1nn(C)cc1Cn1c(-c2cccs2)n[nH]c1=S. The molecule has 0 aromatic carbocycles. The summed E-state index contributed by atoms with van der Waals surface area (Å²) in [5.41, 5.74) is 2.29. The zero-order valence-corrected chi connectivity index (χ0v) is 13.0. The van der Waals surface area contributed by atoms with E-state index in [9.17, 15) is 0 Å². The van der Waals surface area contributed by atoms with Gasteiger partial charge in [0.15, 0.2) is 10.6 Å². The lowest BCUT2D eigenvalue weighted by Crippen LogP contribution is -2.03. The van der Waals surface area contributed by atoms with Crippen LogP contribution in [0.3, 0.4) is 0 Å². The molecule has 0 aliphatic rings. The lowest BCUT2D eigenvalue weighted by molar-refractivity contribution is 0.746. The van der Waals surface area contributed by atoms with E-state index in [-0.39, 0.29) is 0 Å². The normalized spacial score (nSPS) is 11.1. The van der Waals surface area contributed by atoms with E-state index in [2.05, 4.69) is 28.3 Å². The summed E-state index contributed by atoms with van der Waals surface area (Å²) in [5.74, 6) is 0.885. The maximum atomic E-state index is 5.35. The highest BCUT2D eigenvalue weighted by molar-refractivity contribution is 7.71. The van der Waals surface area contributed by atoms with Crippen LogP contribution in [0.25, 0.3) is 10.7 Å². The Balaban J connectivity index is 2.03. The number of aryl methyl sites for hydroxylation is 2. The van der Waals surface area contributed by atoms with Gasteiger partial charge in [-0.15, -0.1) is 11.3 Å². The van der Waals surface area contributed by atoms with E-state index in [0.717, 1.165) is 22.8 Å². The largest absolute Gasteiger partial charge is 0.295 e. The molecular formula is C13H15N5S2. The minimum atomic E-state index is 0.638. The molecule has 0 saturated heterocycles. The molecule has 1 N–H and O–H groups in total. The molecule has 3 heterocycles. The Morgan fingerprint density at radius 1 is 1.45 bits per heavy atom. The van der Waals surface area contributed by atoms with Gasteiger partial charge >= 0.3 is 0 Å². The van der Waals surface area contributed by atoms with Gasteiger partial charge in [0.25, 0.3) is 0 Å². The quantitative estimate of drug-likeness (QED) is 0.754. The molecule has 3 aromatic heterocycles. The second kappa shape index (κ2) is 5.34. The smallest absolute Gasteiger partial charge is 0.195 e. The molecule has 0 saturated carbocycles. The van der Waals surface area contributed by atoms with Crippen LogP contribution in [0, 0.1) is 4.77 Å². The fourth-order valence-corrected chi connectivity index (χ4v) is 3.16. The first-order valence-corrected chi connectivity index (χ1v) is 7.68. The summed E-state index contributed by atoms with van der Waals surface area (Å²) in [5, 5.41) is 13.7. The molecule has 3 rings (SSSR count). The van der Waals surface area contributed by atoms with Crippen molar-refractivity contribution in [1.29, 1.82) is 0 Å². The lowest BCUT2D eigenvalue weighted by Gasteiger charge is -2.05. The minimum absolute atomic E-state index is 0.638. The molecule has 0 aliphatic heterocycles. The molecule has 7 heteroatoms. The molecule has 104 valence electrons. The number of H-pyrrole nitrogens is 1. The highest BCUT2D eigenvalue weighted by Crippen LogP contribution is 2.24. The molecule has 0 amide bonds. The van der Waals surface area contributed by atoms with Gasteiger partial charge in [0, 0.05) is 18.8 Å². The highest BCUT2D eigenvalue weighted by atomic mass is 32.1. The van der Waals surface area contributed by atoms with E-state index < -0.39 is 0 Å². The van der Waals surface area contributed by atoms with Crippen LogP contribution in [0.2, 0.25) is 0 Å². The first kappa shape index (κ1) is 13.3. The molecule has 0 unspecified atom stereocenters. The highest BCUT2D eigenvalue weighted by Gasteiger charge is 2.13. The third-order valence-electron chi connectivity index (χ3n) is 3.15. The van der Waals surface area contributed by atoms with Crippen molar-refractivity contribution in [2.24, 2.45) is 7.05 Å². The van der Waals surface area contributed by atoms with Crippen molar-refractivity contribution in [2.45, 2.75) is 19.9 Å². The van der Waals surface area contributed by atoms with Crippen LogP contribution >= 0.6 is 23.6 Å². The fraction of sp³-hybridized carbons (Fsp3) is 0.308. The molecule has 0 aliphatic carbocycles. The molecule has 0 bridgehead atoms. The number of hydrogen-bond acceptors (Lipinski definition) is 4. The van der Waals surface area contributed by atoms with Gasteiger partial charge in [-0.25, -0.2) is 0 Å². The standard InChI is InChI=1S/C13H15N5S2/c1-3-10-9(7-17(2)16-10)8-18-12(14-15-13(18)19)11-5-4-6-20-11/h4-7H,3,8H2,1-2H3,(H,15,19). The van der Waals surface area contributed by atoms with Crippen LogP contribution in [0.5, 0.6) is 0 Å². The summed E-state index contributed by atoms with van der Waals surface area (Å²) in [4.78, 5) is 1.11. The number of rotatable bonds is 4.